The molecule has 4 amide bonds. The molecule has 1 aromatic heterocycles. The normalized spacial score (nSPS) is 11.9. The van der Waals surface area contributed by atoms with Gasteiger partial charge in [-0.15, -0.1) is 0 Å². The van der Waals surface area contributed by atoms with Gasteiger partial charge in [-0.25, -0.2) is 4.98 Å². The van der Waals surface area contributed by atoms with Crippen molar-refractivity contribution in [3.8, 4) is 11.1 Å². The lowest BCUT2D eigenvalue weighted by Gasteiger charge is -2.20. The minimum atomic E-state index is -1.10. The Morgan fingerprint density at radius 2 is 1.28 bits per heavy atom. The number of carbonyl (C=O) groups is 5. The van der Waals surface area contributed by atoms with Crippen molar-refractivity contribution < 1.29 is 52.8 Å². The number of aromatic nitrogens is 1. The van der Waals surface area contributed by atoms with E-state index in [9.17, 15) is 29.1 Å². The summed E-state index contributed by atoms with van der Waals surface area (Å²) in [6, 6.07) is 29.7. The van der Waals surface area contributed by atoms with Crippen molar-refractivity contribution in [1.82, 2.24) is 26.3 Å². The molecular formula is C54H68N6O11. The lowest BCUT2D eigenvalue weighted by molar-refractivity contribution is -0.138. The first kappa shape index (κ1) is 55.2. The molecule has 0 saturated carbocycles. The maximum atomic E-state index is 14.1. The number of carbonyl (C=O) groups excluding carboxylic acids is 4. The van der Waals surface area contributed by atoms with E-state index in [1.54, 1.807) is 24.4 Å². The van der Waals surface area contributed by atoms with Crippen molar-refractivity contribution in [3.05, 3.63) is 132 Å². The second-order valence-electron chi connectivity index (χ2n) is 16.6. The summed E-state index contributed by atoms with van der Waals surface area (Å²) in [5.41, 5.74) is 4.50. The van der Waals surface area contributed by atoms with Gasteiger partial charge in [-0.1, -0.05) is 91.9 Å². The fourth-order valence-electron chi connectivity index (χ4n) is 7.47. The van der Waals surface area contributed by atoms with Crippen molar-refractivity contribution in [2.75, 3.05) is 91.0 Å². The van der Waals surface area contributed by atoms with Crippen LogP contribution >= 0.6 is 0 Å². The highest BCUT2D eigenvalue weighted by atomic mass is 16.6. The van der Waals surface area contributed by atoms with E-state index < -0.39 is 29.9 Å². The molecule has 1 unspecified atom stereocenters. The lowest BCUT2D eigenvalue weighted by atomic mass is 9.93. The predicted molar refractivity (Wildman–Crippen MR) is 271 cm³/mol. The van der Waals surface area contributed by atoms with Crippen molar-refractivity contribution in [3.63, 3.8) is 0 Å². The van der Waals surface area contributed by atoms with Crippen LogP contribution in [0.1, 0.15) is 65.7 Å². The van der Waals surface area contributed by atoms with Crippen molar-refractivity contribution in [2.24, 2.45) is 0 Å². The first-order valence-electron chi connectivity index (χ1n) is 24.2. The van der Waals surface area contributed by atoms with E-state index in [1.165, 1.54) is 0 Å². The van der Waals surface area contributed by atoms with E-state index in [1.807, 2.05) is 91.9 Å². The Morgan fingerprint density at radius 3 is 1.93 bits per heavy atom. The number of hydrogen-bond donors (Lipinski definition) is 6. The topological polar surface area (TPSA) is 225 Å². The van der Waals surface area contributed by atoms with Crippen LogP contribution in [-0.2, 0) is 49.3 Å². The molecule has 5 aromatic rings. The number of carboxylic acid groups (broad SMARTS) is 1. The van der Waals surface area contributed by atoms with E-state index in [0.29, 0.717) is 82.3 Å². The number of rotatable bonds is 34. The van der Waals surface area contributed by atoms with Gasteiger partial charge in [0, 0.05) is 44.3 Å². The Labute approximate surface area is 415 Å². The molecule has 0 radical (unpaired) electrons. The summed E-state index contributed by atoms with van der Waals surface area (Å²) in [5.74, 6) is -1.98. The fourth-order valence-corrected chi connectivity index (χ4v) is 7.47. The van der Waals surface area contributed by atoms with Gasteiger partial charge in [0.05, 0.1) is 78.5 Å². The maximum absolute atomic E-state index is 14.1. The quantitative estimate of drug-likeness (QED) is 0.0269. The molecule has 4 aromatic carbocycles. The molecule has 5 rings (SSSR count). The number of ether oxygens (including phenoxy) is 5. The second-order valence-corrected chi connectivity index (χ2v) is 16.6. The summed E-state index contributed by atoms with van der Waals surface area (Å²) in [4.78, 5) is 69.2. The molecule has 0 bridgehead atoms. The van der Waals surface area contributed by atoms with Crippen LogP contribution in [0.15, 0.2) is 109 Å². The van der Waals surface area contributed by atoms with E-state index in [-0.39, 0.29) is 50.8 Å². The number of nitrogens with zero attached hydrogens (tertiary/aromatic N) is 1. The minimum absolute atomic E-state index is 0.194. The van der Waals surface area contributed by atoms with Gasteiger partial charge in [0.25, 0.3) is 5.91 Å². The largest absolute Gasteiger partial charge is 0.481 e. The summed E-state index contributed by atoms with van der Waals surface area (Å²) in [7, 11) is 0. The molecule has 17 nitrogen and oxygen atoms in total. The maximum Gasteiger partial charge on any atom is 0.305 e. The van der Waals surface area contributed by atoms with Gasteiger partial charge in [0.1, 0.15) is 11.9 Å². The molecule has 2 atom stereocenters. The Hall–Kier alpha value is -6.76. The Balaban J connectivity index is 1.11. The summed E-state index contributed by atoms with van der Waals surface area (Å²) in [5, 5.41) is 25.6. The number of fused-ring (bicyclic) bond motifs is 1. The number of carboxylic acids is 1. The number of aliphatic carboxylic acids is 1. The number of benzene rings is 4. The second kappa shape index (κ2) is 31.5. The van der Waals surface area contributed by atoms with Crippen LogP contribution in [-0.4, -0.2) is 131 Å². The zero-order valence-electron chi connectivity index (χ0n) is 40.8. The zero-order chi connectivity index (χ0) is 50.5. The molecule has 71 heavy (non-hydrogen) atoms. The molecule has 0 fully saturated rings. The number of amides is 4. The predicted octanol–water partition coefficient (Wildman–Crippen LogP) is 5.80. The third kappa shape index (κ3) is 20.2. The highest BCUT2D eigenvalue weighted by Crippen LogP contribution is 2.32. The number of pyridine rings is 1. The van der Waals surface area contributed by atoms with Crippen molar-refractivity contribution >= 4 is 46.2 Å². The van der Waals surface area contributed by atoms with Crippen LogP contribution in [0.25, 0.3) is 21.9 Å². The standard InChI is InChI=1S/C54H68N6O11/c1-3-25-67-27-29-69-31-33-71-34-32-70-30-28-68-26-24-57-54(66)48(36-40-10-5-4-6-11-40)60-53(65)46-20-19-43(44-12-7-8-13-45(44)46)41-15-17-42(18-16-41)47(37-52(63)64)59-51(62)38-58-50(61)14-9-22-55-49-35-39(2)21-23-56-49/h4-8,10-13,15-21,23,35,47-48H,3,9,14,22,24-34,36-38H2,1-2H3,(H,55,56)(H,57,66)(H,58,61)(H,59,62)(H,60,65)(H,63,64)/t47?,48-/m0/s1. The highest BCUT2D eigenvalue weighted by molar-refractivity contribution is 6.11. The molecule has 0 spiro atoms. The zero-order valence-corrected chi connectivity index (χ0v) is 40.8. The Morgan fingerprint density at radius 1 is 0.648 bits per heavy atom. The van der Waals surface area contributed by atoms with Crippen LogP contribution in [0.3, 0.4) is 0 Å². The van der Waals surface area contributed by atoms with Crippen LogP contribution in [0, 0.1) is 6.92 Å². The van der Waals surface area contributed by atoms with E-state index in [2.05, 4.69) is 38.5 Å². The molecule has 6 N–H and O–H groups in total. The first-order valence-corrected chi connectivity index (χ1v) is 24.2. The van der Waals surface area contributed by atoms with Crippen molar-refractivity contribution in [1.29, 1.82) is 0 Å². The summed E-state index contributed by atoms with van der Waals surface area (Å²) in [6.45, 7) is 9.14. The van der Waals surface area contributed by atoms with E-state index in [0.717, 1.165) is 46.5 Å². The molecule has 0 aliphatic heterocycles. The molecule has 17 heteroatoms. The average Bonchev–Trinajstić information content (AvgIpc) is 3.37. The third-order valence-electron chi connectivity index (χ3n) is 11.0. The average molecular weight is 977 g/mol. The monoisotopic (exact) mass is 976 g/mol. The number of aryl methyl sites for hydroxylation is 1. The van der Waals surface area contributed by atoms with Crippen molar-refractivity contribution in [2.45, 2.75) is 58.0 Å². The Bertz CT molecular complexity index is 2420. The molecule has 0 saturated heterocycles. The van der Waals surface area contributed by atoms with E-state index >= 15 is 0 Å². The van der Waals surface area contributed by atoms with Crippen LogP contribution in [0.2, 0.25) is 0 Å². The molecule has 1 heterocycles. The smallest absolute Gasteiger partial charge is 0.305 e. The number of hydrogen-bond acceptors (Lipinski definition) is 12. The lowest BCUT2D eigenvalue weighted by Crippen LogP contribution is -2.48. The first-order chi connectivity index (χ1) is 34.6. The van der Waals surface area contributed by atoms with E-state index in [4.69, 9.17) is 23.7 Å². The molecule has 0 aliphatic rings. The van der Waals surface area contributed by atoms with Crippen LogP contribution in [0.4, 0.5) is 5.82 Å². The SMILES string of the molecule is CCCOCCOCCOCCOCCOCCNC(=O)[C@H](Cc1ccccc1)NC(=O)c1ccc(-c2ccc(C(CC(=O)O)NC(=O)CNC(=O)CCCNc3cc(C)ccn3)cc2)c2ccccc12. The summed E-state index contributed by atoms with van der Waals surface area (Å²) < 4.78 is 27.6. The molecule has 0 aliphatic carbocycles. The summed E-state index contributed by atoms with van der Waals surface area (Å²) in [6.07, 6.45) is 3.30. The van der Waals surface area contributed by atoms with Gasteiger partial charge in [0.2, 0.25) is 17.7 Å². The molecule has 380 valence electrons. The van der Waals surface area contributed by atoms with Crippen LogP contribution in [0.5, 0.6) is 0 Å². The van der Waals surface area contributed by atoms with Gasteiger partial charge in [-0.05, 0) is 76.6 Å². The van der Waals surface area contributed by atoms with Gasteiger partial charge < -0.3 is 55.4 Å². The summed E-state index contributed by atoms with van der Waals surface area (Å²) >= 11 is 0. The Kier molecular flexibility index (Phi) is 24.4. The van der Waals surface area contributed by atoms with Gasteiger partial charge in [-0.3, -0.25) is 24.0 Å². The van der Waals surface area contributed by atoms with Gasteiger partial charge >= 0.3 is 5.97 Å². The number of anilines is 1. The highest BCUT2D eigenvalue weighted by Gasteiger charge is 2.24. The van der Waals surface area contributed by atoms with Gasteiger partial charge in [-0.2, -0.15) is 0 Å². The third-order valence-corrected chi connectivity index (χ3v) is 11.0. The van der Waals surface area contributed by atoms with Crippen LogP contribution < -0.4 is 26.6 Å². The minimum Gasteiger partial charge on any atom is -0.481 e. The number of nitrogens with one attached hydrogen (secondary N) is 5. The fraction of sp³-hybridized carbons (Fsp3) is 0.407. The molecular weight excluding hydrogens is 909 g/mol. The van der Waals surface area contributed by atoms with Gasteiger partial charge in [0.15, 0.2) is 0 Å².